The average molecular weight is 650 g/mol. The highest BCUT2D eigenvalue weighted by Gasteiger charge is 2.33. The van der Waals surface area contributed by atoms with Crippen LogP contribution in [0.15, 0.2) is 76.2 Å². The third-order valence-corrected chi connectivity index (χ3v) is 9.39. The van der Waals surface area contributed by atoms with Crippen LogP contribution in [0.2, 0.25) is 0 Å². The molecule has 1 heterocycles. The summed E-state index contributed by atoms with van der Waals surface area (Å²) in [6.07, 6.45) is 4.58. The lowest BCUT2D eigenvalue weighted by atomic mass is 9.72. The predicted octanol–water partition coefficient (Wildman–Crippen LogP) is 9.39. The molecule has 0 unspecified atom stereocenters. The number of rotatable bonds is 8. The van der Waals surface area contributed by atoms with Crippen LogP contribution in [0.1, 0.15) is 59.1 Å². The fourth-order valence-electron chi connectivity index (χ4n) is 5.20. The van der Waals surface area contributed by atoms with Gasteiger partial charge in [0.25, 0.3) is 5.91 Å². The zero-order chi connectivity index (χ0) is 29.9. The summed E-state index contributed by atoms with van der Waals surface area (Å²) in [5.41, 5.74) is 3.92. The number of nitrogens with zero attached hydrogens (tertiary/aromatic N) is 1. The molecule has 0 bridgehead atoms. The van der Waals surface area contributed by atoms with Crippen LogP contribution >= 0.6 is 27.3 Å². The fraction of sp³-hybridized carbons (Fsp3) is 0.294. The van der Waals surface area contributed by atoms with Crippen LogP contribution in [0, 0.1) is 17.2 Å². The van der Waals surface area contributed by atoms with Crippen LogP contribution in [0.3, 0.4) is 0 Å². The first-order valence-electron chi connectivity index (χ1n) is 13.9. The molecule has 1 amide bonds. The molecule has 1 aromatic heterocycles. The SMILES string of the molecule is COc1cc(C=Nc2sc3c(c2C(=O)Nc2ccccc2)CC[C@@H](C(C)(C)C)C3)cc(Br)c1OCc1ccccc1F. The van der Waals surface area contributed by atoms with Crippen molar-refractivity contribution in [2.75, 3.05) is 12.4 Å². The Morgan fingerprint density at radius 1 is 1.14 bits per heavy atom. The first-order chi connectivity index (χ1) is 20.1. The molecule has 4 aromatic rings. The van der Waals surface area contributed by atoms with Gasteiger partial charge in [0.15, 0.2) is 11.5 Å². The second kappa shape index (κ2) is 12.8. The number of hydrogen-bond acceptors (Lipinski definition) is 5. The Balaban J connectivity index is 1.45. The number of ether oxygens (including phenoxy) is 2. The number of aliphatic imine (C=N–C) groups is 1. The molecule has 42 heavy (non-hydrogen) atoms. The van der Waals surface area contributed by atoms with Crippen molar-refractivity contribution in [1.82, 2.24) is 0 Å². The van der Waals surface area contributed by atoms with Crippen molar-refractivity contribution in [2.24, 2.45) is 16.3 Å². The minimum absolute atomic E-state index is 0.0608. The Morgan fingerprint density at radius 2 is 1.88 bits per heavy atom. The van der Waals surface area contributed by atoms with Crippen LogP contribution in [-0.2, 0) is 19.4 Å². The van der Waals surface area contributed by atoms with E-state index in [1.165, 1.54) is 10.9 Å². The van der Waals surface area contributed by atoms with Crippen LogP contribution < -0.4 is 14.8 Å². The van der Waals surface area contributed by atoms with Crippen molar-refractivity contribution in [3.8, 4) is 11.5 Å². The Hall–Kier alpha value is -3.49. The number of nitrogens with one attached hydrogen (secondary N) is 1. The molecule has 1 aliphatic rings. The monoisotopic (exact) mass is 648 g/mol. The maximum atomic E-state index is 14.1. The van der Waals surface area contributed by atoms with Gasteiger partial charge in [0.05, 0.1) is 17.1 Å². The number of amides is 1. The van der Waals surface area contributed by atoms with Gasteiger partial charge in [-0.15, -0.1) is 11.3 Å². The average Bonchev–Trinajstić information content (AvgIpc) is 3.34. The number of halogens is 2. The number of benzene rings is 3. The van der Waals surface area contributed by atoms with E-state index >= 15 is 0 Å². The first kappa shape index (κ1) is 30.0. The number of carbonyl (C=O) groups excluding carboxylic acids is 1. The van der Waals surface area contributed by atoms with E-state index in [9.17, 15) is 9.18 Å². The van der Waals surface area contributed by atoms with Crippen LogP contribution in [0.5, 0.6) is 11.5 Å². The molecule has 0 aliphatic heterocycles. The smallest absolute Gasteiger partial charge is 0.259 e. The molecular weight excluding hydrogens is 615 g/mol. The Kier molecular flexibility index (Phi) is 9.13. The molecule has 1 atom stereocenters. The number of hydrogen-bond donors (Lipinski definition) is 1. The Morgan fingerprint density at radius 3 is 2.60 bits per heavy atom. The fourth-order valence-corrected chi connectivity index (χ4v) is 7.05. The summed E-state index contributed by atoms with van der Waals surface area (Å²) >= 11 is 5.18. The minimum atomic E-state index is -0.323. The van der Waals surface area contributed by atoms with Crippen molar-refractivity contribution in [3.05, 3.63) is 104 Å². The van der Waals surface area contributed by atoms with E-state index in [1.54, 1.807) is 42.9 Å². The van der Waals surface area contributed by atoms with Crippen molar-refractivity contribution < 1.29 is 18.7 Å². The van der Waals surface area contributed by atoms with Gasteiger partial charge in [-0.25, -0.2) is 9.38 Å². The summed E-state index contributed by atoms with van der Waals surface area (Å²) < 4.78 is 26.3. The third kappa shape index (κ3) is 6.76. The van der Waals surface area contributed by atoms with E-state index in [-0.39, 0.29) is 23.7 Å². The predicted molar refractivity (Wildman–Crippen MR) is 172 cm³/mol. The van der Waals surface area contributed by atoms with E-state index in [4.69, 9.17) is 14.5 Å². The highest BCUT2D eigenvalue weighted by molar-refractivity contribution is 9.10. The molecule has 218 valence electrons. The van der Waals surface area contributed by atoms with E-state index in [2.05, 4.69) is 42.0 Å². The van der Waals surface area contributed by atoms with Gasteiger partial charge in [0.2, 0.25) is 0 Å². The molecule has 3 aromatic carbocycles. The molecule has 1 N–H and O–H groups in total. The van der Waals surface area contributed by atoms with Gasteiger partial charge in [-0.3, -0.25) is 4.79 Å². The summed E-state index contributed by atoms with van der Waals surface area (Å²) in [6.45, 7) is 6.92. The number of anilines is 1. The third-order valence-electron chi connectivity index (χ3n) is 7.64. The van der Waals surface area contributed by atoms with Crippen molar-refractivity contribution >= 4 is 50.1 Å². The standard InChI is InChI=1S/C34H34BrFN2O3S/c1-34(2,3)23-14-15-25-29(18-23)42-33(30(25)32(39)38-24-11-6-5-7-12-24)37-19-21-16-26(35)31(28(17-21)40-4)41-20-22-10-8-9-13-27(22)36/h5-13,16-17,19,23H,14-15,18,20H2,1-4H3,(H,38,39)/t23-/m1/s1. The summed E-state index contributed by atoms with van der Waals surface area (Å²) in [5, 5.41) is 3.76. The number of carbonyl (C=O) groups is 1. The second-order valence-electron chi connectivity index (χ2n) is 11.5. The zero-order valence-electron chi connectivity index (χ0n) is 24.2. The number of thiophene rings is 1. The van der Waals surface area contributed by atoms with Gasteiger partial charge in [0.1, 0.15) is 17.4 Å². The van der Waals surface area contributed by atoms with Gasteiger partial charge in [0, 0.05) is 22.3 Å². The molecule has 0 radical (unpaired) electrons. The summed E-state index contributed by atoms with van der Waals surface area (Å²) in [6, 6.07) is 19.7. The van der Waals surface area contributed by atoms with Crippen LogP contribution in [0.4, 0.5) is 15.1 Å². The maximum absolute atomic E-state index is 14.1. The molecule has 1 aliphatic carbocycles. The molecule has 0 saturated heterocycles. The number of fused-ring (bicyclic) bond motifs is 1. The first-order valence-corrected chi connectivity index (χ1v) is 15.5. The minimum Gasteiger partial charge on any atom is -0.493 e. The molecule has 8 heteroatoms. The number of para-hydroxylation sites is 1. The maximum Gasteiger partial charge on any atom is 0.259 e. The van der Waals surface area contributed by atoms with E-state index in [0.717, 1.165) is 36.1 Å². The topological polar surface area (TPSA) is 59.9 Å². The highest BCUT2D eigenvalue weighted by Crippen LogP contribution is 2.45. The van der Waals surface area contributed by atoms with Gasteiger partial charge >= 0.3 is 0 Å². The second-order valence-corrected chi connectivity index (χ2v) is 13.4. The zero-order valence-corrected chi connectivity index (χ0v) is 26.6. The summed E-state index contributed by atoms with van der Waals surface area (Å²) in [5.74, 6) is 1.04. The van der Waals surface area contributed by atoms with Gasteiger partial charge < -0.3 is 14.8 Å². The van der Waals surface area contributed by atoms with Gasteiger partial charge in [-0.2, -0.15) is 0 Å². The lowest BCUT2D eigenvalue weighted by molar-refractivity contribution is 0.102. The van der Waals surface area contributed by atoms with E-state index < -0.39 is 0 Å². The summed E-state index contributed by atoms with van der Waals surface area (Å²) in [7, 11) is 1.56. The van der Waals surface area contributed by atoms with E-state index in [0.29, 0.717) is 38.0 Å². The molecule has 0 fully saturated rings. The lowest BCUT2D eigenvalue weighted by Crippen LogP contribution is -2.27. The quantitative estimate of drug-likeness (QED) is 0.194. The van der Waals surface area contributed by atoms with Gasteiger partial charge in [-0.1, -0.05) is 57.2 Å². The Bertz CT molecular complexity index is 1610. The van der Waals surface area contributed by atoms with Crippen molar-refractivity contribution in [1.29, 1.82) is 0 Å². The van der Waals surface area contributed by atoms with Crippen molar-refractivity contribution in [3.63, 3.8) is 0 Å². The normalized spacial score (nSPS) is 15.0. The summed E-state index contributed by atoms with van der Waals surface area (Å²) in [4.78, 5) is 19.7. The largest absolute Gasteiger partial charge is 0.493 e. The molecule has 5 nitrogen and oxygen atoms in total. The van der Waals surface area contributed by atoms with Crippen LogP contribution in [0.25, 0.3) is 0 Å². The molecule has 0 spiro atoms. The lowest BCUT2D eigenvalue weighted by Gasteiger charge is -2.33. The van der Waals surface area contributed by atoms with Crippen LogP contribution in [-0.4, -0.2) is 19.2 Å². The molecular formula is C34H34BrFN2O3S. The molecule has 5 rings (SSSR count). The molecule has 0 saturated carbocycles. The van der Waals surface area contributed by atoms with Crippen molar-refractivity contribution in [2.45, 2.75) is 46.6 Å². The Labute approximate surface area is 258 Å². The van der Waals surface area contributed by atoms with E-state index in [1.807, 2.05) is 42.5 Å². The highest BCUT2D eigenvalue weighted by atomic mass is 79.9. The number of methoxy groups -OCH3 is 1. The van der Waals surface area contributed by atoms with Gasteiger partial charge in [-0.05, 0) is 88.0 Å².